The highest BCUT2D eigenvalue weighted by Crippen LogP contribution is 2.07. The zero-order valence-electron chi connectivity index (χ0n) is 9.79. The van der Waals surface area contributed by atoms with Crippen LogP contribution in [0, 0.1) is 0 Å². The van der Waals surface area contributed by atoms with E-state index < -0.39 is 0 Å². The van der Waals surface area contributed by atoms with Gasteiger partial charge in [0.05, 0.1) is 0 Å². The summed E-state index contributed by atoms with van der Waals surface area (Å²) in [5.74, 6) is 0.134. The van der Waals surface area contributed by atoms with Crippen molar-refractivity contribution in [2.75, 3.05) is 20.6 Å². The van der Waals surface area contributed by atoms with Gasteiger partial charge in [-0.25, -0.2) is 0 Å². The molecule has 0 amide bonds. The summed E-state index contributed by atoms with van der Waals surface area (Å²) in [7, 11) is 4.16. The quantitative estimate of drug-likeness (QED) is 0.688. The summed E-state index contributed by atoms with van der Waals surface area (Å²) in [6, 6.07) is 7.92. The third-order valence-corrected chi connectivity index (χ3v) is 2.43. The van der Waals surface area contributed by atoms with Gasteiger partial charge in [0.2, 0.25) is 0 Å². The zero-order valence-corrected chi connectivity index (χ0v) is 9.79. The number of benzene rings is 1. The van der Waals surface area contributed by atoms with Gasteiger partial charge in [-0.3, -0.25) is 4.79 Å². The van der Waals surface area contributed by atoms with Crippen molar-refractivity contribution in [3.8, 4) is 0 Å². The highest BCUT2D eigenvalue weighted by Gasteiger charge is 1.99. The second-order valence-electron chi connectivity index (χ2n) is 4.16. The second kappa shape index (κ2) is 5.66. The van der Waals surface area contributed by atoms with Crippen LogP contribution >= 0.6 is 0 Å². The molecule has 0 heterocycles. The molecule has 0 aliphatic rings. The Morgan fingerprint density at radius 3 is 2.27 bits per heavy atom. The van der Waals surface area contributed by atoms with Crippen molar-refractivity contribution in [1.29, 1.82) is 0 Å². The smallest absolute Gasteiger partial charge is 0.159 e. The van der Waals surface area contributed by atoms with Crippen LogP contribution in [0.25, 0.3) is 0 Å². The number of rotatable bonds is 5. The van der Waals surface area contributed by atoms with E-state index in [1.165, 1.54) is 5.56 Å². The predicted molar refractivity (Wildman–Crippen MR) is 63.3 cm³/mol. The van der Waals surface area contributed by atoms with E-state index in [2.05, 4.69) is 19.0 Å². The molecule has 15 heavy (non-hydrogen) atoms. The molecule has 0 aliphatic carbocycles. The maximum atomic E-state index is 11.1. The Bertz CT molecular complexity index is 314. The Kier molecular flexibility index (Phi) is 4.50. The van der Waals surface area contributed by atoms with E-state index in [1.807, 2.05) is 24.3 Å². The van der Waals surface area contributed by atoms with Gasteiger partial charge in [0, 0.05) is 5.56 Å². The lowest BCUT2D eigenvalue weighted by atomic mass is 10.1. The number of nitrogens with zero attached hydrogens (tertiary/aromatic N) is 1. The summed E-state index contributed by atoms with van der Waals surface area (Å²) in [5, 5.41) is 0. The first-order valence-corrected chi connectivity index (χ1v) is 5.34. The number of carbonyl (C=O) groups is 1. The number of aryl methyl sites for hydroxylation is 1. The van der Waals surface area contributed by atoms with Crippen molar-refractivity contribution in [3.05, 3.63) is 35.4 Å². The normalized spacial score (nSPS) is 10.7. The molecule has 1 aromatic rings. The minimum absolute atomic E-state index is 0.134. The lowest BCUT2D eigenvalue weighted by Gasteiger charge is -2.08. The van der Waals surface area contributed by atoms with Crippen molar-refractivity contribution in [3.63, 3.8) is 0 Å². The molecule has 0 saturated heterocycles. The minimum Gasteiger partial charge on any atom is -0.309 e. The molecule has 2 nitrogen and oxygen atoms in total. The van der Waals surface area contributed by atoms with Gasteiger partial charge in [0.1, 0.15) is 0 Å². The van der Waals surface area contributed by atoms with E-state index in [0.717, 1.165) is 24.9 Å². The van der Waals surface area contributed by atoms with Crippen LogP contribution in [0.5, 0.6) is 0 Å². The molecule has 0 unspecified atom stereocenters. The van der Waals surface area contributed by atoms with Gasteiger partial charge >= 0.3 is 0 Å². The molecule has 82 valence electrons. The summed E-state index contributed by atoms with van der Waals surface area (Å²) < 4.78 is 0. The Morgan fingerprint density at radius 2 is 1.80 bits per heavy atom. The summed E-state index contributed by atoms with van der Waals surface area (Å²) in [4.78, 5) is 13.2. The van der Waals surface area contributed by atoms with Gasteiger partial charge in [0.25, 0.3) is 0 Å². The third-order valence-electron chi connectivity index (χ3n) is 2.43. The maximum absolute atomic E-state index is 11.1. The van der Waals surface area contributed by atoms with Gasteiger partial charge in [-0.1, -0.05) is 24.3 Å². The van der Waals surface area contributed by atoms with Crippen LogP contribution in [0.1, 0.15) is 29.3 Å². The van der Waals surface area contributed by atoms with Crippen molar-refractivity contribution in [2.24, 2.45) is 0 Å². The second-order valence-corrected chi connectivity index (χ2v) is 4.16. The van der Waals surface area contributed by atoms with Crippen LogP contribution in [0.2, 0.25) is 0 Å². The molecule has 0 aromatic heterocycles. The molecule has 0 fully saturated rings. The van der Waals surface area contributed by atoms with Crippen molar-refractivity contribution in [2.45, 2.75) is 19.8 Å². The summed E-state index contributed by atoms with van der Waals surface area (Å²) in [6.45, 7) is 2.70. The SMILES string of the molecule is CC(=O)c1ccc(CCCN(C)C)cc1. The lowest BCUT2D eigenvalue weighted by Crippen LogP contribution is -2.13. The molecule has 0 N–H and O–H groups in total. The van der Waals surface area contributed by atoms with Crippen molar-refractivity contribution in [1.82, 2.24) is 4.90 Å². The first-order chi connectivity index (χ1) is 7.09. The fraction of sp³-hybridized carbons (Fsp3) is 0.462. The average Bonchev–Trinajstić information content (AvgIpc) is 2.18. The fourth-order valence-electron chi connectivity index (χ4n) is 1.51. The van der Waals surface area contributed by atoms with Crippen LogP contribution in [-0.2, 0) is 6.42 Å². The number of carbonyl (C=O) groups excluding carboxylic acids is 1. The van der Waals surface area contributed by atoms with Gasteiger partial charge in [-0.05, 0) is 46.0 Å². The molecule has 0 aliphatic heterocycles. The first kappa shape index (κ1) is 11.9. The van der Waals surface area contributed by atoms with Crippen LogP contribution < -0.4 is 0 Å². The molecule has 2 heteroatoms. The van der Waals surface area contributed by atoms with Crippen LogP contribution in [0.15, 0.2) is 24.3 Å². The Balaban J connectivity index is 2.46. The van der Waals surface area contributed by atoms with Crippen molar-refractivity contribution < 1.29 is 4.79 Å². The van der Waals surface area contributed by atoms with Crippen molar-refractivity contribution >= 4 is 5.78 Å². The molecule has 1 rings (SSSR count). The molecule has 0 radical (unpaired) electrons. The Labute approximate surface area is 91.9 Å². The topological polar surface area (TPSA) is 20.3 Å². The molecule has 0 saturated carbocycles. The summed E-state index contributed by atoms with van der Waals surface area (Å²) >= 11 is 0. The Hall–Kier alpha value is -1.15. The molecular weight excluding hydrogens is 186 g/mol. The van der Waals surface area contributed by atoms with Crippen LogP contribution in [0.3, 0.4) is 0 Å². The van der Waals surface area contributed by atoms with Gasteiger partial charge in [-0.15, -0.1) is 0 Å². The van der Waals surface area contributed by atoms with Crippen LogP contribution in [0.4, 0.5) is 0 Å². The zero-order chi connectivity index (χ0) is 11.3. The van der Waals surface area contributed by atoms with E-state index in [4.69, 9.17) is 0 Å². The van der Waals surface area contributed by atoms with Gasteiger partial charge in [0.15, 0.2) is 5.78 Å². The number of hydrogen-bond acceptors (Lipinski definition) is 2. The predicted octanol–water partition coefficient (Wildman–Crippen LogP) is 2.38. The molecule has 0 bridgehead atoms. The Morgan fingerprint density at radius 1 is 1.20 bits per heavy atom. The van der Waals surface area contributed by atoms with E-state index in [1.54, 1.807) is 6.92 Å². The summed E-state index contributed by atoms with van der Waals surface area (Å²) in [5.41, 5.74) is 2.10. The number of hydrogen-bond donors (Lipinski definition) is 0. The van der Waals surface area contributed by atoms with Gasteiger partial charge in [-0.2, -0.15) is 0 Å². The van der Waals surface area contributed by atoms with E-state index in [-0.39, 0.29) is 5.78 Å². The third kappa shape index (κ3) is 4.26. The molecule has 0 spiro atoms. The van der Waals surface area contributed by atoms with E-state index >= 15 is 0 Å². The monoisotopic (exact) mass is 205 g/mol. The molecule has 0 atom stereocenters. The number of ketones is 1. The van der Waals surface area contributed by atoms with Crippen LogP contribution in [-0.4, -0.2) is 31.3 Å². The number of Topliss-reactive ketones (excluding diaryl/α,β-unsaturated/α-hetero) is 1. The maximum Gasteiger partial charge on any atom is 0.159 e. The highest BCUT2D eigenvalue weighted by molar-refractivity contribution is 5.93. The van der Waals surface area contributed by atoms with Gasteiger partial charge < -0.3 is 4.90 Å². The standard InChI is InChI=1S/C13H19NO/c1-11(15)13-8-6-12(7-9-13)5-4-10-14(2)3/h6-9H,4-5,10H2,1-3H3. The molecule has 1 aromatic carbocycles. The average molecular weight is 205 g/mol. The minimum atomic E-state index is 0.134. The van der Waals surface area contributed by atoms with E-state index in [9.17, 15) is 4.79 Å². The summed E-state index contributed by atoms with van der Waals surface area (Å²) in [6.07, 6.45) is 2.24. The lowest BCUT2D eigenvalue weighted by molar-refractivity contribution is 0.101. The molecular formula is C13H19NO. The first-order valence-electron chi connectivity index (χ1n) is 5.34. The fourth-order valence-corrected chi connectivity index (χ4v) is 1.51. The van der Waals surface area contributed by atoms with E-state index in [0.29, 0.717) is 0 Å². The highest BCUT2D eigenvalue weighted by atomic mass is 16.1. The largest absolute Gasteiger partial charge is 0.309 e.